The van der Waals surface area contributed by atoms with Crippen molar-refractivity contribution in [1.29, 1.82) is 0 Å². The third kappa shape index (κ3) is 10.6. The lowest BCUT2D eigenvalue weighted by atomic mass is 10.1. The SMILES string of the molecule is C#C.C/C=C(\C=C/CC(/C=C\CN1C[C@H](CNC(C)=O)OC1=O)=C(/C)F)CNCc1ccc2ccccc2n1. The molecule has 0 aliphatic carbocycles. The molecule has 1 atom stereocenters. The number of rotatable bonds is 12. The topological polar surface area (TPSA) is 83.6 Å². The number of aromatic nitrogens is 1. The minimum absolute atomic E-state index is 0.172. The minimum Gasteiger partial charge on any atom is -0.442 e. The number of amides is 2. The van der Waals surface area contributed by atoms with Gasteiger partial charge in [-0.2, -0.15) is 0 Å². The van der Waals surface area contributed by atoms with Crippen LogP contribution in [0, 0.1) is 12.8 Å². The van der Waals surface area contributed by atoms with Crippen molar-refractivity contribution in [2.45, 2.75) is 39.8 Å². The van der Waals surface area contributed by atoms with Crippen LogP contribution in [0.4, 0.5) is 9.18 Å². The van der Waals surface area contributed by atoms with Gasteiger partial charge in [0, 0.05) is 31.9 Å². The predicted molar refractivity (Wildman–Crippen MR) is 154 cm³/mol. The summed E-state index contributed by atoms with van der Waals surface area (Å²) >= 11 is 0. The zero-order valence-corrected chi connectivity index (χ0v) is 22.8. The van der Waals surface area contributed by atoms with Crippen molar-refractivity contribution in [2.24, 2.45) is 0 Å². The van der Waals surface area contributed by atoms with Crippen LogP contribution in [0.15, 0.2) is 83.8 Å². The van der Waals surface area contributed by atoms with Crippen molar-refractivity contribution in [1.82, 2.24) is 20.5 Å². The monoisotopic (exact) mass is 532 g/mol. The van der Waals surface area contributed by atoms with Crippen molar-refractivity contribution in [3.8, 4) is 12.8 Å². The Morgan fingerprint density at radius 1 is 1.18 bits per heavy atom. The predicted octanol–water partition coefficient (Wildman–Crippen LogP) is 5.22. The van der Waals surface area contributed by atoms with Crippen LogP contribution in [0.5, 0.6) is 0 Å². The first kappa shape index (κ1) is 31.0. The van der Waals surface area contributed by atoms with Crippen molar-refractivity contribution in [2.75, 3.05) is 26.2 Å². The Labute approximate surface area is 230 Å². The molecule has 0 saturated carbocycles. The van der Waals surface area contributed by atoms with E-state index in [9.17, 15) is 14.0 Å². The van der Waals surface area contributed by atoms with Gasteiger partial charge >= 0.3 is 6.09 Å². The van der Waals surface area contributed by atoms with Crippen molar-refractivity contribution < 1.29 is 18.7 Å². The van der Waals surface area contributed by atoms with E-state index in [1.807, 2.05) is 55.5 Å². The van der Waals surface area contributed by atoms with Crippen molar-refractivity contribution >= 4 is 22.9 Å². The highest BCUT2D eigenvalue weighted by molar-refractivity contribution is 5.78. The molecule has 0 unspecified atom stereocenters. The van der Waals surface area contributed by atoms with Crippen molar-refractivity contribution in [3.05, 3.63) is 89.4 Å². The lowest BCUT2D eigenvalue weighted by molar-refractivity contribution is -0.119. The summed E-state index contributed by atoms with van der Waals surface area (Å²) in [5.41, 5.74) is 3.59. The van der Waals surface area contributed by atoms with E-state index >= 15 is 0 Å². The molecule has 2 aromatic rings. The summed E-state index contributed by atoms with van der Waals surface area (Å²) in [7, 11) is 0. The van der Waals surface area contributed by atoms with E-state index in [1.54, 1.807) is 12.2 Å². The maximum atomic E-state index is 14.1. The number of para-hydroxylation sites is 1. The summed E-state index contributed by atoms with van der Waals surface area (Å²) in [5, 5.41) is 7.18. The largest absolute Gasteiger partial charge is 0.442 e. The van der Waals surface area contributed by atoms with Gasteiger partial charge in [-0.3, -0.25) is 9.78 Å². The number of hydrogen-bond donors (Lipinski definition) is 2. The Hall–Kier alpha value is -4.22. The maximum Gasteiger partial charge on any atom is 0.410 e. The quantitative estimate of drug-likeness (QED) is 0.289. The second kappa shape index (κ2) is 16.6. The van der Waals surface area contributed by atoms with E-state index < -0.39 is 6.09 Å². The van der Waals surface area contributed by atoms with E-state index in [0.29, 0.717) is 38.2 Å². The van der Waals surface area contributed by atoms with Crippen LogP contribution in [-0.2, 0) is 16.1 Å². The van der Waals surface area contributed by atoms with Gasteiger partial charge in [0.15, 0.2) is 0 Å². The van der Waals surface area contributed by atoms with E-state index in [2.05, 4.69) is 34.5 Å². The van der Waals surface area contributed by atoms with Gasteiger partial charge in [0.05, 0.1) is 24.3 Å². The summed E-state index contributed by atoms with van der Waals surface area (Å²) in [4.78, 5) is 29.2. The number of nitrogens with one attached hydrogen (secondary N) is 2. The fourth-order valence-electron chi connectivity index (χ4n) is 3.87. The van der Waals surface area contributed by atoms with E-state index in [-0.39, 0.29) is 24.4 Å². The highest BCUT2D eigenvalue weighted by Gasteiger charge is 2.30. The van der Waals surface area contributed by atoms with Gasteiger partial charge in [-0.15, -0.1) is 12.8 Å². The third-order valence-corrected chi connectivity index (χ3v) is 5.95. The number of ether oxygens (including phenoxy) is 1. The number of benzene rings is 1. The standard InChI is InChI=1S/C29H35FN4O3.C2H2/c1-4-23(17-31-18-26-15-14-25-10-5-6-13-28(25)33-26)9-7-11-24(21(2)30)12-8-16-34-20-27(37-29(34)36)19-32-22(3)35;1-2/h4-10,12-15,27,31H,11,16-20H2,1-3H3,(H,32,35);1-2H/b9-7-,12-8-,23-4+,24-21+;/t27-;/m0./s1. The lowest BCUT2D eigenvalue weighted by Crippen LogP contribution is -2.33. The number of allylic oxidation sites excluding steroid dienone is 5. The first-order valence-electron chi connectivity index (χ1n) is 12.8. The van der Waals surface area contributed by atoms with Crippen molar-refractivity contribution in [3.63, 3.8) is 0 Å². The van der Waals surface area contributed by atoms with Crippen LogP contribution in [-0.4, -0.2) is 54.2 Å². The van der Waals surface area contributed by atoms with Crippen LogP contribution in [0.25, 0.3) is 10.9 Å². The van der Waals surface area contributed by atoms with Gasteiger partial charge in [0.25, 0.3) is 0 Å². The Kier molecular flexibility index (Phi) is 13.2. The minimum atomic E-state index is -0.438. The van der Waals surface area contributed by atoms with Gasteiger partial charge in [0.1, 0.15) is 11.9 Å². The number of nitrogens with zero attached hydrogens (tertiary/aromatic N) is 2. The van der Waals surface area contributed by atoms with E-state index in [0.717, 1.165) is 22.2 Å². The number of carbonyl (C=O) groups is 2. The third-order valence-electron chi connectivity index (χ3n) is 5.95. The molecule has 2 N–H and O–H groups in total. The molecule has 0 radical (unpaired) electrons. The zero-order chi connectivity index (χ0) is 28.6. The van der Waals surface area contributed by atoms with Gasteiger partial charge in [-0.05, 0) is 43.5 Å². The summed E-state index contributed by atoms with van der Waals surface area (Å²) in [6, 6.07) is 12.1. The molecule has 1 aliphatic rings. The van der Waals surface area contributed by atoms with Crippen LogP contribution >= 0.6 is 0 Å². The van der Waals surface area contributed by atoms with Crippen LogP contribution in [0.3, 0.4) is 0 Å². The Morgan fingerprint density at radius 2 is 1.95 bits per heavy atom. The highest BCUT2D eigenvalue weighted by Crippen LogP contribution is 2.15. The normalized spacial score (nSPS) is 16.3. The molecule has 1 saturated heterocycles. The highest BCUT2D eigenvalue weighted by atomic mass is 19.1. The molecule has 0 bridgehead atoms. The fraction of sp³-hybridized carbons (Fsp3) is 0.323. The van der Waals surface area contributed by atoms with E-state index in [1.165, 1.54) is 18.7 Å². The van der Waals surface area contributed by atoms with Crippen LogP contribution in [0.1, 0.15) is 32.9 Å². The average molecular weight is 533 g/mol. The molecule has 3 rings (SSSR count). The van der Waals surface area contributed by atoms with Gasteiger partial charge < -0.3 is 20.3 Å². The summed E-state index contributed by atoms with van der Waals surface area (Å²) in [5.74, 6) is -0.439. The number of carbonyl (C=O) groups excluding carboxylic acids is 2. The number of terminal acetylenes is 1. The fourth-order valence-corrected chi connectivity index (χ4v) is 3.87. The Bertz CT molecular complexity index is 1260. The van der Waals surface area contributed by atoms with E-state index in [4.69, 9.17) is 4.74 Å². The Morgan fingerprint density at radius 3 is 2.67 bits per heavy atom. The molecule has 39 heavy (non-hydrogen) atoms. The molecule has 0 spiro atoms. The van der Waals surface area contributed by atoms with Crippen LogP contribution in [0.2, 0.25) is 0 Å². The number of cyclic esters (lactones) is 1. The molecule has 1 aliphatic heterocycles. The summed E-state index contributed by atoms with van der Waals surface area (Å²) in [6.45, 7) is 7.10. The summed E-state index contributed by atoms with van der Waals surface area (Å²) in [6.07, 6.45) is 17.0. The van der Waals surface area contributed by atoms with Crippen LogP contribution < -0.4 is 10.6 Å². The smallest absolute Gasteiger partial charge is 0.410 e. The number of fused-ring (bicyclic) bond motifs is 1. The first-order chi connectivity index (χ1) is 18.9. The number of pyridine rings is 1. The molecule has 206 valence electrons. The molecule has 2 amide bonds. The average Bonchev–Trinajstić information content (AvgIpc) is 3.30. The number of hydrogen-bond acceptors (Lipinski definition) is 5. The second-order valence-corrected chi connectivity index (χ2v) is 8.88. The molecule has 1 aromatic heterocycles. The van der Waals surface area contributed by atoms with Gasteiger partial charge in [-0.25, -0.2) is 9.18 Å². The summed E-state index contributed by atoms with van der Waals surface area (Å²) < 4.78 is 19.3. The zero-order valence-electron chi connectivity index (χ0n) is 22.8. The molecule has 8 heteroatoms. The molecular weight excluding hydrogens is 495 g/mol. The number of halogens is 1. The van der Waals surface area contributed by atoms with Gasteiger partial charge in [0.2, 0.25) is 5.91 Å². The molecule has 1 fully saturated rings. The lowest BCUT2D eigenvalue weighted by Gasteiger charge is -2.10. The molecule has 1 aromatic carbocycles. The maximum absolute atomic E-state index is 14.1. The molecular formula is C31H37FN4O3. The molecule has 7 nitrogen and oxygen atoms in total. The molecule has 2 heterocycles. The first-order valence-corrected chi connectivity index (χ1v) is 12.8. The second-order valence-electron chi connectivity index (χ2n) is 8.88. The van der Waals surface area contributed by atoms with Gasteiger partial charge in [-0.1, -0.05) is 54.6 Å². The Balaban J connectivity index is 0.00000260.